The van der Waals surface area contributed by atoms with Crippen LogP contribution in [0.3, 0.4) is 0 Å². The van der Waals surface area contributed by atoms with Crippen LogP contribution in [0.25, 0.3) is 43.6 Å². The summed E-state index contributed by atoms with van der Waals surface area (Å²) in [6, 6.07) is 16.6. The third-order valence-electron chi connectivity index (χ3n) is 8.05. The maximum Gasteiger partial charge on any atom is 0.252 e. The van der Waals surface area contributed by atoms with Crippen LogP contribution >= 0.6 is 0 Å². The van der Waals surface area contributed by atoms with Crippen LogP contribution in [-0.2, 0) is 21.7 Å². The number of nitrogens with zero attached hydrogens (tertiary/aromatic N) is 2. The predicted molar refractivity (Wildman–Crippen MR) is 129 cm³/mol. The molecule has 3 atom stereocenters. The molecular weight excluding hydrogens is 430 g/mol. The average Bonchev–Trinajstić information content (AvgIpc) is 3.55. The number of carbonyl (C=O) groups excluding carboxylic acids is 1. The minimum absolute atomic E-state index is 0.0117. The molecular formula is C27H23N3O4. The molecule has 5 heterocycles. The van der Waals surface area contributed by atoms with Crippen LogP contribution in [0, 0.1) is 0 Å². The Kier molecular flexibility index (Phi) is 3.45. The third kappa shape index (κ3) is 1.99. The fourth-order valence-electron chi connectivity index (χ4n) is 6.81. The van der Waals surface area contributed by atoms with Crippen LogP contribution in [0.15, 0.2) is 48.5 Å². The van der Waals surface area contributed by atoms with E-state index in [1.54, 1.807) is 0 Å². The zero-order valence-corrected chi connectivity index (χ0v) is 18.7. The highest BCUT2D eigenvalue weighted by atomic mass is 16.6. The van der Waals surface area contributed by atoms with Crippen LogP contribution in [0.2, 0.25) is 0 Å². The third-order valence-corrected chi connectivity index (χ3v) is 8.05. The molecule has 170 valence electrons. The van der Waals surface area contributed by atoms with Crippen LogP contribution in [0.5, 0.6) is 0 Å². The second-order valence-corrected chi connectivity index (χ2v) is 9.67. The minimum Gasteiger partial charge on any atom is -0.394 e. The van der Waals surface area contributed by atoms with Gasteiger partial charge in [0, 0.05) is 34.5 Å². The maximum atomic E-state index is 13.2. The van der Waals surface area contributed by atoms with Crippen LogP contribution in [0.1, 0.15) is 35.5 Å². The molecule has 3 aliphatic heterocycles. The molecule has 2 aromatic heterocycles. The van der Waals surface area contributed by atoms with Gasteiger partial charge in [-0.2, -0.15) is 0 Å². The van der Waals surface area contributed by atoms with E-state index in [1.807, 2.05) is 18.2 Å². The van der Waals surface area contributed by atoms with E-state index in [0.717, 1.165) is 54.7 Å². The predicted octanol–water partition coefficient (Wildman–Crippen LogP) is 4.13. The van der Waals surface area contributed by atoms with Gasteiger partial charge in [0.15, 0.2) is 5.72 Å². The Hall–Kier alpha value is -3.39. The van der Waals surface area contributed by atoms with Gasteiger partial charge in [-0.3, -0.25) is 4.79 Å². The number of rotatable bonds is 3. The molecule has 3 aliphatic rings. The van der Waals surface area contributed by atoms with Gasteiger partial charge in [0.05, 0.1) is 40.8 Å². The summed E-state index contributed by atoms with van der Waals surface area (Å²) in [5.74, 6) is -0.0117. The lowest BCUT2D eigenvalue weighted by molar-refractivity contribution is -0.151. The summed E-state index contributed by atoms with van der Waals surface area (Å²) < 4.78 is 17.7. The minimum atomic E-state index is -0.765. The highest BCUT2D eigenvalue weighted by Gasteiger charge is 2.52. The van der Waals surface area contributed by atoms with Crippen molar-refractivity contribution in [3.05, 3.63) is 59.7 Å². The summed E-state index contributed by atoms with van der Waals surface area (Å²) in [6.45, 7) is 2.83. The van der Waals surface area contributed by atoms with E-state index in [0.29, 0.717) is 13.0 Å². The van der Waals surface area contributed by atoms with E-state index >= 15 is 0 Å². The van der Waals surface area contributed by atoms with Crippen molar-refractivity contribution in [2.24, 2.45) is 0 Å². The molecule has 3 aromatic carbocycles. The lowest BCUT2D eigenvalue weighted by Gasteiger charge is -2.33. The first-order chi connectivity index (χ1) is 16.6. The fourth-order valence-corrected chi connectivity index (χ4v) is 6.81. The zero-order valence-electron chi connectivity index (χ0n) is 18.7. The van der Waals surface area contributed by atoms with E-state index in [1.165, 1.54) is 0 Å². The zero-order chi connectivity index (χ0) is 22.8. The molecule has 2 bridgehead atoms. The first-order valence-corrected chi connectivity index (χ1v) is 11.8. The molecule has 0 spiro atoms. The SMILES string of the molecule is C[C@]12O[C@@H](C[C@@H]1OCCO)n1c3ccccc3c3c4c(c5c6ccccc6n2c5c31)CNC4=O. The first kappa shape index (κ1) is 19.0. The summed E-state index contributed by atoms with van der Waals surface area (Å²) >= 11 is 0. The second-order valence-electron chi connectivity index (χ2n) is 9.67. The number of hydrogen-bond donors (Lipinski definition) is 2. The van der Waals surface area contributed by atoms with Gasteiger partial charge in [0.2, 0.25) is 0 Å². The molecule has 0 unspecified atom stereocenters. The number of hydrogen-bond acceptors (Lipinski definition) is 4. The van der Waals surface area contributed by atoms with Gasteiger partial charge in [0.25, 0.3) is 5.91 Å². The Bertz CT molecular complexity index is 1710. The molecule has 1 amide bonds. The molecule has 2 N–H and O–H groups in total. The van der Waals surface area contributed by atoms with Crippen LogP contribution < -0.4 is 5.32 Å². The van der Waals surface area contributed by atoms with Crippen LogP contribution in [-0.4, -0.2) is 39.5 Å². The highest BCUT2D eigenvalue weighted by Crippen LogP contribution is 2.54. The standard InChI is InChI=1S/C27H23N3O4/c1-27-19(33-11-10-31)12-20(34-27)29-17-8-4-2-6-14(17)22-23-16(13-28-26(23)32)21-15-7-3-5-9-18(15)30(27)25(21)24(22)29/h2-9,19-20,31H,10-13H2,1H3,(H,28,32)/t19-,20-,27-/m0/s1. The number of benzene rings is 3. The number of nitrogens with one attached hydrogen (secondary N) is 1. The number of ether oxygens (including phenoxy) is 2. The van der Waals surface area contributed by atoms with Gasteiger partial charge in [-0.25, -0.2) is 0 Å². The van der Waals surface area contributed by atoms with Gasteiger partial charge in [-0.1, -0.05) is 36.4 Å². The van der Waals surface area contributed by atoms with E-state index in [-0.39, 0.29) is 31.5 Å². The van der Waals surface area contributed by atoms with Gasteiger partial charge in [-0.15, -0.1) is 0 Å². The van der Waals surface area contributed by atoms with Gasteiger partial charge < -0.3 is 29.0 Å². The lowest BCUT2D eigenvalue weighted by Crippen LogP contribution is -2.41. The summed E-state index contributed by atoms with van der Waals surface area (Å²) in [4.78, 5) is 13.2. The van der Waals surface area contributed by atoms with Crippen molar-refractivity contribution in [3.63, 3.8) is 0 Å². The quantitative estimate of drug-likeness (QED) is 0.431. The molecule has 0 aliphatic carbocycles. The number of carbonyl (C=O) groups is 1. The number of para-hydroxylation sites is 2. The summed E-state index contributed by atoms with van der Waals surface area (Å²) in [5, 5.41) is 16.9. The number of fused-ring (bicyclic) bond motifs is 13. The number of aromatic nitrogens is 2. The van der Waals surface area contributed by atoms with Gasteiger partial charge in [0.1, 0.15) is 12.3 Å². The molecule has 0 saturated carbocycles. The summed E-state index contributed by atoms with van der Waals surface area (Å²) in [7, 11) is 0. The number of aliphatic hydroxyl groups is 1. The van der Waals surface area contributed by atoms with Gasteiger partial charge >= 0.3 is 0 Å². The Morgan fingerprint density at radius 3 is 2.62 bits per heavy atom. The van der Waals surface area contributed by atoms with Gasteiger partial charge in [-0.05, 0) is 24.6 Å². The smallest absolute Gasteiger partial charge is 0.252 e. The average molecular weight is 453 g/mol. The Morgan fingerprint density at radius 2 is 1.82 bits per heavy atom. The fraction of sp³-hybridized carbons (Fsp3) is 0.296. The molecule has 34 heavy (non-hydrogen) atoms. The number of aliphatic hydroxyl groups excluding tert-OH is 1. The van der Waals surface area contributed by atoms with Crippen molar-refractivity contribution in [2.75, 3.05) is 13.2 Å². The Morgan fingerprint density at radius 1 is 1.09 bits per heavy atom. The largest absolute Gasteiger partial charge is 0.394 e. The Labute approximate surface area is 194 Å². The van der Waals surface area contributed by atoms with E-state index < -0.39 is 5.72 Å². The summed E-state index contributed by atoms with van der Waals surface area (Å²) in [6.07, 6.45) is 0.169. The topological polar surface area (TPSA) is 77.7 Å². The van der Waals surface area contributed by atoms with Crippen molar-refractivity contribution in [3.8, 4) is 0 Å². The molecule has 7 heteroatoms. The molecule has 1 saturated heterocycles. The van der Waals surface area contributed by atoms with Crippen molar-refractivity contribution < 1.29 is 19.4 Å². The second kappa shape index (κ2) is 6.18. The van der Waals surface area contributed by atoms with Crippen molar-refractivity contribution >= 4 is 49.5 Å². The van der Waals surface area contributed by atoms with Crippen molar-refractivity contribution in [1.82, 2.24) is 14.5 Å². The Balaban J connectivity index is 1.68. The van der Waals surface area contributed by atoms with Crippen LogP contribution in [0.4, 0.5) is 0 Å². The first-order valence-electron chi connectivity index (χ1n) is 11.8. The maximum absolute atomic E-state index is 13.2. The van der Waals surface area contributed by atoms with Crippen molar-refractivity contribution in [1.29, 1.82) is 0 Å². The monoisotopic (exact) mass is 453 g/mol. The molecule has 5 aromatic rings. The lowest BCUT2D eigenvalue weighted by atomic mass is 9.96. The van der Waals surface area contributed by atoms with E-state index in [4.69, 9.17) is 9.47 Å². The molecule has 1 fully saturated rings. The number of amides is 1. The normalized spacial score (nSPS) is 25.2. The van der Waals surface area contributed by atoms with Crippen molar-refractivity contribution in [2.45, 2.75) is 37.9 Å². The summed E-state index contributed by atoms with van der Waals surface area (Å²) in [5.41, 5.74) is 5.34. The van der Waals surface area contributed by atoms with E-state index in [9.17, 15) is 9.90 Å². The molecule has 7 nitrogen and oxygen atoms in total. The highest BCUT2D eigenvalue weighted by molar-refractivity contribution is 6.31. The molecule has 8 rings (SSSR count). The molecule has 0 radical (unpaired) electrons. The van der Waals surface area contributed by atoms with E-state index in [2.05, 4.69) is 51.7 Å².